The van der Waals surface area contributed by atoms with Crippen molar-refractivity contribution in [2.24, 2.45) is 0 Å². The predicted molar refractivity (Wildman–Crippen MR) is 101 cm³/mol. The number of hydrogen-bond acceptors (Lipinski definition) is 5. The summed E-state index contributed by atoms with van der Waals surface area (Å²) in [6.07, 6.45) is 1.42. The number of nitrogens with zero attached hydrogens (tertiary/aromatic N) is 2. The van der Waals surface area contributed by atoms with Gasteiger partial charge in [-0.2, -0.15) is 5.26 Å². The number of fused-ring (bicyclic) bond motifs is 1. The fraction of sp³-hybridized carbons (Fsp3) is 0.158. The second kappa shape index (κ2) is 7.70. The minimum atomic E-state index is -3.61. The van der Waals surface area contributed by atoms with Crippen molar-refractivity contribution >= 4 is 26.6 Å². The van der Waals surface area contributed by atoms with Crippen LogP contribution in [0.1, 0.15) is 11.1 Å². The quantitative estimate of drug-likeness (QED) is 0.637. The maximum Gasteiger partial charge on any atom is 0.240 e. The van der Waals surface area contributed by atoms with Crippen LogP contribution in [-0.4, -0.2) is 26.5 Å². The third kappa shape index (κ3) is 4.05. The largest absolute Gasteiger partial charge is 0.382 e. The van der Waals surface area contributed by atoms with Crippen molar-refractivity contribution in [1.82, 2.24) is 9.71 Å². The normalized spacial score (nSPS) is 11.3. The molecule has 3 aromatic rings. The highest BCUT2D eigenvalue weighted by Gasteiger charge is 2.14. The molecule has 0 amide bonds. The third-order valence-electron chi connectivity index (χ3n) is 4.02. The summed E-state index contributed by atoms with van der Waals surface area (Å²) in [4.78, 5) is 4.40. The first kappa shape index (κ1) is 18.8. The van der Waals surface area contributed by atoms with E-state index < -0.39 is 15.8 Å². The number of hydrogen-bond donors (Lipinski definition) is 2. The van der Waals surface area contributed by atoms with Crippen molar-refractivity contribution in [2.75, 3.05) is 18.4 Å². The molecule has 3 rings (SSSR count). The lowest BCUT2D eigenvalue weighted by molar-refractivity contribution is 0.583. The van der Waals surface area contributed by atoms with Gasteiger partial charge in [-0.05, 0) is 36.8 Å². The minimum Gasteiger partial charge on any atom is -0.382 e. The first-order valence-electron chi connectivity index (χ1n) is 8.20. The molecule has 2 N–H and O–H groups in total. The number of pyridine rings is 1. The molecule has 0 aliphatic carbocycles. The van der Waals surface area contributed by atoms with Crippen molar-refractivity contribution in [2.45, 2.75) is 11.8 Å². The highest BCUT2D eigenvalue weighted by Crippen LogP contribution is 2.28. The highest BCUT2D eigenvalue weighted by atomic mass is 32.2. The van der Waals surface area contributed by atoms with Gasteiger partial charge in [0.25, 0.3) is 0 Å². The van der Waals surface area contributed by atoms with Crippen LogP contribution in [0.25, 0.3) is 10.9 Å². The molecule has 27 heavy (non-hydrogen) atoms. The van der Waals surface area contributed by atoms with E-state index >= 15 is 0 Å². The Labute approximate surface area is 156 Å². The van der Waals surface area contributed by atoms with E-state index in [0.717, 1.165) is 0 Å². The number of benzene rings is 2. The molecule has 0 atom stereocenters. The van der Waals surface area contributed by atoms with Crippen LogP contribution < -0.4 is 10.0 Å². The van der Waals surface area contributed by atoms with E-state index in [1.807, 2.05) is 6.07 Å². The smallest absolute Gasteiger partial charge is 0.240 e. The summed E-state index contributed by atoms with van der Waals surface area (Å²) in [7, 11) is -3.61. The van der Waals surface area contributed by atoms with Gasteiger partial charge in [0.15, 0.2) is 0 Å². The zero-order chi connectivity index (χ0) is 19.4. The molecule has 138 valence electrons. The zero-order valence-electron chi connectivity index (χ0n) is 14.5. The molecule has 0 aliphatic rings. The van der Waals surface area contributed by atoms with Gasteiger partial charge >= 0.3 is 0 Å². The summed E-state index contributed by atoms with van der Waals surface area (Å²) < 4.78 is 40.7. The molecule has 1 aromatic heterocycles. The lowest BCUT2D eigenvalue weighted by Gasteiger charge is -2.13. The number of sulfonamides is 1. The Hall–Kier alpha value is -3.02. The second-order valence-electron chi connectivity index (χ2n) is 5.92. The minimum absolute atomic E-state index is 0.0974. The molecule has 0 saturated carbocycles. The molecule has 0 fully saturated rings. The molecule has 0 unspecified atom stereocenters. The molecule has 6 nitrogen and oxygen atoms in total. The number of nitrogens with one attached hydrogen (secondary N) is 2. The second-order valence-corrected chi connectivity index (χ2v) is 7.68. The van der Waals surface area contributed by atoms with Crippen LogP contribution >= 0.6 is 0 Å². The third-order valence-corrected chi connectivity index (χ3v) is 5.50. The number of nitriles is 1. The lowest BCUT2D eigenvalue weighted by Crippen LogP contribution is -2.29. The number of halogens is 1. The molecule has 2 aromatic carbocycles. The van der Waals surface area contributed by atoms with Gasteiger partial charge in [0.05, 0.1) is 21.7 Å². The summed E-state index contributed by atoms with van der Waals surface area (Å²) in [5.41, 5.74) is 1.94. The summed E-state index contributed by atoms with van der Waals surface area (Å²) in [5.74, 6) is -0.426. The zero-order valence-corrected chi connectivity index (χ0v) is 15.3. The lowest BCUT2D eigenvalue weighted by atomic mass is 10.1. The fourth-order valence-electron chi connectivity index (χ4n) is 2.77. The summed E-state index contributed by atoms with van der Waals surface area (Å²) in [6.45, 7) is 2.05. The Kier molecular flexibility index (Phi) is 5.35. The molecule has 0 radical (unpaired) electrons. The van der Waals surface area contributed by atoms with Crippen LogP contribution in [0.2, 0.25) is 0 Å². The average Bonchev–Trinajstić information content (AvgIpc) is 2.65. The van der Waals surface area contributed by atoms with Gasteiger partial charge < -0.3 is 5.32 Å². The molecule has 1 heterocycles. The van der Waals surface area contributed by atoms with Crippen LogP contribution in [0.3, 0.4) is 0 Å². The van der Waals surface area contributed by atoms with Gasteiger partial charge in [-0.25, -0.2) is 17.5 Å². The van der Waals surface area contributed by atoms with E-state index in [0.29, 0.717) is 22.2 Å². The maximum atomic E-state index is 13.8. The van der Waals surface area contributed by atoms with E-state index in [1.54, 1.807) is 25.1 Å². The van der Waals surface area contributed by atoms with Crippen molar-refractivity contribution in [3.8, 4) is 6.07 Å². The molecule has 0 aliphatic heterocycles. The molecule has 0 saturated heterocycles. The first-order valence-corrected chi connectivity index (χ1v) is 9.68. The fourth-order valence-corrected chi connectivity index (χ4v) is 3.82. The van der Waals surface area contributed by atoms with Crippen molar-refractivity contribution in [3.63, 3.8) is 0 Å². The Balaban J connectivity index is 1.78. The monoisotopic (exact) mass is 384 g/mol. The van der Waals surface area contributed by atoms with Gasteiger partial charge in [0.1, 0.15) is 11.9 Å². The highest BCUT2D eigenvalue weighted by molar-refractivity contribution is 7.89. The van der Waals surface area contributed by atoms with Crippen LogP contribution in [0.5, 0.6) is 0 Å². The summed E-state index contributed by atoms with van der Waals surface area (Å²) in [5, 5.41) is 12.8. The van der Waals surface area contributed by atoms with Crippen molar-refractivity contribution in [1.29, 1.82) is 5.26 Å². The van der Waals surface area contributed by atoms with E-state index in [4.69, 9.17) is 0 Å². The maximum absolute atomic E-state index is 13.8. The summed E-state index contributed by atoms with van der Waals surface area (Å²) >= 11 is 0. The van der Waals surface area contributed by atoms with Crippen LogP contribution in [0.15, 0.2) is 53.6 Å². The van der Waals surface area contributed by atoms with E-state index in [2.05, 4.69) is 15.0 Å². The Morgan fingerprint density at radius 2 is 1.93 bits per heavy atom. The van der Waals surface area contributed by atoms with E-state index in [1.165, 1.54) is 30.5 Å². The Morgan fingerprint density at radius 1 is 1.19 bits per heavy atom. The SMILES string of the molecule is Cc1cc(F)cc2c(NCCNS(=O)(=O)c3ccccc3)c(C#N)cnc12. The first-order chi connectivity index (χ1) is 12.9. The molecule has 0 spiro atoms. The van der Waals surface area contributed by atoms with Crippen molar-refractivity contribution in [3.05, 3.63) is 65.6 Å². The molecular weight excluding hydrogens is 367 g/mol. The number of anilines is 1. The number of rotatable bonds is 6. The standard InChI is InChI=1S/C19H17FN4O2S/c1-13-9-15(20)10-17-18(13)23-12-14(11-21)19(17)22-7-8-24-27(25,26)16-5-3-2-4-6-16/h2-6,9-10,12,24H,7-8H2,1H3,(H,22,23). The van der Waals surface area contributed by atoms with Crippen molar-refractivity contribution < 1.29 is 12.8 Å². The predicted octanol–water partition coefficient (Wildman–Crippen LogP) is 2.94. The van der Waals surface area contributed by atoms with Crippen LogP contribution in [0.4, 0.5) is 10.1 Å². The van der Waals surface area contributed by atoms with Gasteiger partial charge in [-0.15, -0.1) is 0 Å². The molecule has 8 heteroatoms. The van der Waals surface area contributed by atoms with Crippen LogP contribution in [0, 0.1) is 24.1 Å². The Bertz CT molecular complexity index is 1130. The molecule has 0 bridgehead atoms. The molecular formula is C19H17FN4O2S. The van der Waals surface area contributed by atoms with Gasteiger partial charge in [0.2, 0.25) is 10.0 Å². The van der Waals surface area contributed by atoms with Gasteiger partial charge in [0, 0.05) is 24.7 Å². The number of aromatic nitrogens is 1. The Morgan fingerprint density at radius 3 is 2.63 bits per heavy atom. The topological polar surface area (TPSA) is 94.9 Å². The summed E-state index contributed by atoms with van der Waals surface area (Å²) in [6, 6.07) is 12.7. The average molecular weight is 384 g/mol. The van der Waals surface area contributed by atoms with E-state index in [-0.39, 0.29) is 23.5 Å². The van der Waals surface area contributed by atoms with E-state index in [9.17, 15) is 18.1 Å². The van der Waals surface area contributed by atoms with Crippen LogP contribution in [-0.2, 0) is 10.0 Å². The van der Waals surface area contributed by atoms with Gasteiger partial charge in [-0.3, -0.25) is 4.98 Å². The number of aryl methyl sites for hydroxylation is 1. The van der Waals surface area contributed by atoms with Gasteiger partial charge in [-0.1, -0.05) is 18.2 Å².